The molecule has 0 N–H and O–H groups in total. The van der Waals surface area contributed by atoms with Gasteiger partial charge >= 0.3 is 95.7 Å². The van der Waals surface area contributed by atoms with E-state index in [0.717, 1.165) is 143 Å². The summed E-state index contributed by atoms with van der Waals surface area (Å²) < 4.78 is 105. The molecule has 0 aliphatic carbocycles. The number of Topliss-reactive ketones (excluding diaryl/α,β-unsaturated/α-hetero) is 1. The molecule has 41 nitrogen and oxygen atoms in total. The number of rotatable bonds is 63. The first-order chi connectivity index (χ1) is 71.0. The van der Waals surface area contributed by atoms with E-state index in [9.17, 15) is 81.5 Å². The van der Waals surface area contributed by atoms with E-state index in [1.807, 2.05) is 112 Å². The highest BCUT2D eigenvalue weighted by molar-refractivity contribution is 7.98. The summed E-state index contributed by atoms with van der Waals surface area (Å²) >= 11 is 1.69. The highest BCUT2D eigenvalue weighted by Gasteiger charge is 2.43. The van der Waals surface area contributed by atoms with Crippen LogP contribution >= 0.6 is 11.8 Å². The second kappa shape index (κ2) is 70.1. The maximum atomic E-state index is 13.2. The van der Waals surface area contributed by atoms with Crippen LogP contribution in [0.1, 0.15) is 72.0 Å². The fraction of sp³-hybridized carbons (Fsp3) is 0.346. The Balaban J connectivity index is 0.000000641. The second-order valence-corrected chi connectivity index (χ2v) is 32.2. The fourth-order valence-electron chi connectivity index (χ4n) is 12.1. The number of hydrogen-bond donors (Lipinski definition) is 0. The van der Waals surface area contributed by atoms with Crippen LogP contribution in [0.3, 0.4) is 0 Å². The van der Waals surface area contributed by atoms with Gasteiger partial charge in [0, 0.05) is 155 Å². The molecule has 4 aromatic carbocycles. The highest BCUT2D eigenvalue weighted by Crippen LogP contribution is 2.34. The summed E-state index contributed by atoms with van der Waals surface area (Å²) in [7, 11) is 0. The molecule has 0 amide bonds. The van der Waals surface area contributed by atoms with E-state index in [4.69, 9.17) is 99.6 Å². The van der Waals surface area contributed by atoms with Gasteiger partial charge in [0.05, 0.1) is 74.9 Å². The molecule has 0 bridgehead atoms. The molecule has 1 saturated heterocycles. The van der Waals surface area contributed by atoms with Crippen molar-refractivity contribution in [3.05, 3.63) is 290 Å². The molecule has 0 saturated carbocycles. The Labute approximate surface area is 867 Å². The first kappa shape index (κ1) is 129. The first-order valence-electron chi connectivity index (χ1n) is 45.2. The van der Waals surface area contributed by atoms with E-state index in [1.54, 1.807) is 18.7 Å². The number of fused-ring (bicyclic) bond motifs is 3. The molecule has 1 aliphatic heterocycles. The van der Waals surface area contributed by atoms with Crippen LogP contribution in [0.5, 0.6) is 0 Å². The van der Waals surface area contributed by atoms with Gasteiger partial charge in [0.25, 0.3) is 0 Å². The predicted octanol–water partition coefficient (Wildman–Crippen LogP) is 11.2. The number of carbonyl (C=O) groups is 17. The van der Waals surface area contributed by atoms with Crippen LogP contribution in [0.15, 0.2) is 272 Å². The second-order valence-electron chi connectivity index (χ2n) is 31.3. The summed E-state index contributed by atoms with van der Waals surface area (Å²) in [4.78, 5) is 206. The van der Waals surface area contributed by atoms with Gasteiger partial charge in [0.1, 0.15) is 97.9 Å². The summed E-state index contributed by atoms with van der Waals surface area (Å²) in [5, 5.41) is 5.95. The first-order valence-corrected chi connectivity index (χ1v) is 46.4. The van der Waals surface area contributed by atoms with Crippen molar-refractivity contribution in [1.29, 1.82) is 0 Å². The highest BCUT2D eigenvalue weighted by atomic mass is 32.2. The fourth-order valence-corrected chi connectivity index (χ4v) is 12.5. The van der Waals surface area contributed by atoms with Crippen molar-refractivity contribution in [2.24, 2.45) is 21.4 Å². The van der Waals surface area contributed by atoms with E-state index in [1.165, 1.54) is 11.8 Å². The number of benzene rings is 4. The number of thioether (sulfide) groups is 1. The third-order valence-electron chi connectivity index (χ3n) is 20.1. The van der Waals surface area contributed by atoms with Crippen molar-refractivity contribution in [3.63, 3.8) is 0 Å². The number of aromatic nitrogens is 1. The average molecular weight is 2100 g/mol. The SMILES string of the molecule is C=CC(=O)OCC(COC(=O)C=C)(COC(=O)C=C)COC(=O)C=C.C=CC(=O)OCC(COCC(COC(=O)C=C)(COC(=O)C=C)COC(=O)C=C)(COC(=O)C=C)COC(=O)C=C.C=CC(=O)OCCOC(OCCOC(=O)C=C)(OCCOC(=O)C=C)OCCOC(=O)C=C.CCn1c2ccc(C(=O)c3ccccc3C)cc2c2cc(/C(C)=N/OC(C)=O)ccc21.CSc1ccc(C(=O)C(C)(C)N2CCOCC2)cc1. The summed E-state index contributed by atoms with van der Waals surface area (Å²) in [5.41, 5.74) is 1.97. The standard InChI is InChI=1S/C28H34O13.C26H24N2O3.C21H28O12.C17H20O8.C15H21NO2S/c1-7-21(29)36-15-27(16-37-22(30)8-2,17-38-23(31)9-3)13-35-14-28(18-39-24(32)10-4,19-40-25(33)11-5)20-41-26(34)12-6;1-5-28-24-12-10-19(17(3)27-31-18(4)29)14-22(24)23-15-20(11-13-25(23)28)26(30)21-9-7-6-8-16(21)2;1-5-17(22)26-9-13-30-21(31-14-10-27-18(23)6-2,32-15-11-28-19(24)7-3)33-16-12-29-20(25)8-4;1-5-13(18)22-9-17(10-23-14(19)6-2,11-24-15(20)7-3)12-25-16(21)8-4;1-15(2,16-8-10-18-11-9-16)14(17)12-4-6-13(19-3)7-5-12/h7-12H,1-6,13-20H2;6-15H,5H2,1-4H3;5-8H,1-4,9-16H2;5-8H,1-4,9-12H2;4-7H,8-11H2,1-3H3/b;27-17+;;;. The van der Waals surface area contributed by atoms with Gasteiger partial charge in [-0.3, -0.25) is 33.4 Å². The topological polar surface area (TPSA) is 505 Å². The van der Waals surface area contributed by atoms with Crippen LogP contribution in [0, 0.1) is 23.2 Å². The molecule has 2 heterocycles. The Morgan fingerprint density at radius 3 is 0.919 bits per heavy atom. The molecule has 1 aliphatic rings. The number of ether oxygens (including phenoxy) is 20. The molecular weight excluding hydrogens is 1970 g/mol. The van der Waals surface area contributed by atoms with Crippen LogP contribution in [0.2, 0.25) is 0 Å². The molecule has 0 unspecified atom stereocenters. The van der Waals surface area contributed by atoms with E-state index < -0.39 is 170 Å². The Morgan fingerprint density at radius 2 is 0.638 bits per heavy atom. The number of aryl methyl sites for hydroxylation is 2. The lowest BCUT2D eigenvalue weighted by molar-refractivity contribution is -0.501. The lowest BCUT2D eigenvalue weighted by Crippen LogP contribution is -2.54. The Kier molecular flexibility index (Phi) is 60.8. The summed E-state index contributed by atoms with van der Waals surface area (Å²) in [6.07, 6.45) is 12.7. The third kappa shape index (κ3) is 47.9. The molecular formula is C107H127N3O38S. The summed E-state index contributed by atoms with van der Waals surface area (Å²) in [6, 6.07) is 27.4. The maximum Gasteiger partial charge on any atom is 0.413 e. The van der Waals surface area contributed by atoms with Gasteiger partial charge in [-0.05, 0) is 94.5 Å². The molecule has 5 aromatic rings. The van der Waals surface area contributed by atoms with Gasteiger partial charge in [0.15, 0.2) is 11.6 Å². The average Bonchev–Trinajstić information content (AvgIpc) is 1.59. The quantitative estimate of drug-likeness (QED) is 0.00333. The Bertz CT molecular complexity index is 5180. The van der Waals surface area contributed by atoms with Gasteiger partial charge in [-0.1, -0.05) is 140 Å². The summed E-state index contributed by atoms with van der Waals surface area (Å²) in [6.45, 7) is 53.8. The zero-order valence-electron chi connectivity index (χ0n) is 84.5. The predicted molar refractivity (Wildman–Crippen MR) is 544 cm³/mol. The van der Waals surface area contributed by atoms with Crippen molar-refractivity contribution >= 4 is 140 Å². The van der Waals surface area contributed by atoms with Gasteiger partial charge < -0.3 is 85.2 Å². The Morgan fingerprint density at radius 1 is 0.362 bits per heavy atom. The normalized spacial score (nSPS) is 11.6. The zero-order valence-corrected chi connectivity index (χ0v) is 85.3. The molecule has 1 aromatic heterocycles. The lowest BCUT2D eigenvalue weighted by Gasteiger charge is -2.39. The molecule has 42 heteroatoms. The molecule has 0 spiro atoms. The zero-order chi connectivity index (χ0) is 112. The number of hydrogen-bond acceptors (Lipinski definition) is 41. The van der Waals surface area contributed by atoms with Crippen LogP contribution in [-0.2, 0) is 178 Å². The number of esters is 14. The minimum absolute atomic E-state index is 0.0150. The minimum Gasteiger partial charge on any atom is -0.462 e. The van der Waals surface area contributed by atoms with Crippen molar-refractivity contribution in [3.8, 4) is 0 Å². The van der Waals surface area contributed by atoms with Crippen LogP contribution in [0.4, 0.5) is 0 Å². The number of ketones is 2. The van der Waals surface area contributed by atoms with E-state index >= 15 is 0 Å². The lowest BCUT2D eigenvalue weighted by atomic mass is 9.90. The van der Waals surface area contributed by atoms with Crippen molar-refractivity contribution in [1.82, 2.24) is 9.47 Å². The largest absolute Gasteiger partial charge is 0.462 e. The smallest absolute Gasteiger partial charge is 0.413 e. The van der Waals surface area contributed by atoms with Crippen LogP contribution < -0.4 is 0 Å². The number of morpholine rings is 1. The summed E-state index contributed by atoms with van der Waals surface area (Å²) in [5.74, 6) is -11.0. The number of nitrogens with zero attached hydrogens (tertiary/aromatic N) is 3. The molecule has 149 heavy (non-hydrogen) atoms. The van der Waals surface area contributed by atoms with Crippen molar-refractivity contribution < 1.29 is 181 Å². The molecule has 6 rings (SSSR count). The molecule has 0 radical (unpaired) electrons. The minimum atomic E-state index is -2.22. The van der Waals surface area contributed by atoms with E-state index in [0.29, 0.717) is 30.1 Å². The monoisotopic (exact) mass is 2090 g/mol. The van der Waals surface area contributed by atoms with Crippen molar-refractivity contribution in [2.45, 2.75) is 64.7 Å². The Hall–Kier alpha value is -15.8. The van der Waals surface area contributed by atoms with E-state index in [-0.39, 0.29) is 90.8 Å². The van der Waals surface area contributed by atoms with Crippen molar-refractivity contribution in [2.75, 3.05) is 165 Å². The van der Waals surface area contributed by atoms with Crippen LogP contribution in [0.25, 0.3) is 21.8 Å². The van der Waals surface area contributed by atoms with Crippen LogP contribution in [-0.4, -0.2) is 293 Å². The van der Waals surface area contributed by atoms with E-state index in [2.05, 4.69) is 114 Å². The van der Waals surface area contributed by atoms with Gasteiger partial charge in [-0.15, -0.1) is 11.8 Å². The molecule has 0 atom stereocenters. The maximum absolute atomic E-state index is 13.2. The number of oxime groups is 1. The van der Waals surface area contributed by atoms with Gasteiger partial charge in [-0.25, -0.2) is 71.9 Å². The van der Waals surface area contributed by atoms with Gasteiger partial charge in [0.2, 0.25) is 0 Å². The molecule has 804 valence electrons. The molecule has 1 fully saturated rings. The third-order valence-corrected chi connectivity index (χ3v) is 20.8. The van der Waals surface area contributed by atoms with Gasteiger partial charge in [-0.2, -0.15) is 0 Å². The number of carbonyl (C=O) groups excluding carboxylic acids is 17.